The van der Waals surface area contributed by atoms with Crippen molar-refractivity contribution in [1.82, 2.24) is 10.3 Å². The molecule has 0 unspecified atom stereocenters. The Morgan fingerprint density at radius 1 is 1.35 bits per heavy atom. The lowest BCUT2D eigenvalue weighted by molar-refractivity contribution is 0.572. The highest BCUT2D eigenvalue weighted by Crippen LogP contribution is 2.18. The Morgan fingerprint density at radius 2 is 2.15 bits per heavy atom. The van der Waals surface area contributed by atoms with Crippen molar-refractivity contribution in [3.8, 4) is 11.5 Å². The lowest BCUT2D eigenvalue weighted by atomic mass is 10.2. The van der Waals surface area contributed by atoms with Crippen molar-refractivity contribution in [2.45, 2.75) is 26.3 Å². The number of aromatic nitrogens is 1. The number of rotatable bonds is 6. The Balaban J connectivity index is 1.91. The first-order chi connectivity index (χ1) is 9.79. The highest BCUT2D eigenvalue weighted by Gasteiger charge is 2.05. The summed E-state index contributed by atoms with van der Waals surface area (Å²) < 4.78 is 5.44. The predicted molar refractivity (Wildman–Crippen MR) is 80.2 cm³/mol. The molecule has 0 aliphatic carbocycles. The number of nitrogens with two attached hydrogens (primary N) is 1. The molecule has 5 heteroatoms. The van der Waals surface area contributed by atoms with Gasteiger partial charge >= 0.3 is 0 Å². The van der Waals surface area contributed by atoms with Crippen molar-refractivity contribution < 1.29 is 4.42 Å². The Bertz CT molecular complexity index is 548. The Hall–Kier alpha value is -2.30. The zero-order valence-electron chi connectivity index (χ0n) is 11.7. The van der Waals surface area contributed by atoms with Crippen LogP contribution in [0.5, 0.6) is 0 Å². The summed E-state index contributed by atoms with van der Waals surface area (Å²) in [4.78, 5) is 8.63. The molecule has 0 atom stereocenters. The molecule has 0 amide bonds. The average Bonchev–Trinajstić information content (AvgIpc) is 2.95. The maximum absolute atomic E-state index is 5.76. The second-order valence-electron chi connectivity index (χ2n) is 4.49. The van der Waals surface area contributed by atoms with E-state index in [9.17, 15) is 0 Å². The van der Waals surface area contributed by atoms with Crippen molar-refractivity contribution in [2.75, 3.05) is 6.54 Å². The first-order valence-electron chi connectivity index (χ1n) is 6.83. The summed E-state index contributed by atoms with van der Waals surface area (Å²) in [7, 11) is 0. The molecule has 0 radical (unpaired) electrons. The highest BCUT2D eigenvalue weighted by atomic mass is 16.3. The molecule has 0 aliphatic rings. The fourth-order valence-electron chi connectivity index (χ4n) is 1.71. The Kier molecular flexibility index (Phi) is 5.17. The second kappa shape index (κ2) is 7.33. The van der Waals surface area contributed by atoms with Gasteiger partial charge in [0.05, 0.1) is 6.54 Å². The van der Waals surface area contributed by atoms with Crippen molar-refractivity contribution in [2.24, 2.45) is 10.7 Å². The third-order valence-corrected chi connectivity index (χ3v) is 2.82. The molecule has 2 aromatic rings. The number of unbranched alkanes of at least 4 members (excludes halogenated alkanes) is 1. The molecule has 5 nitrogen and oxygen atoms in total. The zero-order chi connectivity index (χ0) is 14.2. The smallest absolute Gasteiger partial charge is 0.226 e. The molecule has 20 heavy (non-hydrogen) atoms. The minimum Gasteiger partial charge on any atom is -0.444 e. The molecular weight excluding hydrogens is 252 g/mol. The van der Waals surface area contributed by atoms with Gasteiger partial charge in [0.15, 0.2) is 5.96 Å². The topological polar surface area (TPSA) is 76.4 Å². The monoisotopic (exact) mass is 272 g/mol. The fraction of sp³-hybridized carbons (Fsp3) is 0.333. The minimum atomic E-state index is 0.418. The van der Waals surface area contributed by atoms with Crippen molar-refractivity contribution in [3.63, 3.8) is 0 Å². The summed E-state index contributed by atoms with van der Waals surface area (Å²) in [5.41, 5.74) is 7.48. The van der Waals surface area contributed by atoms with Gasteiger partial charge in [-0.1, -0.05) is 31.5 Å². The lowest BCUT2D eigenvalue weighted by Gasteiger charge is -2.02. The number of nitrogens with zero attached hydrogens (tertiary/aromatic N) is 2. The summed E-state index contributed by atoms with van der Waals surface area (Å²) in [5.74, 6) is 1.05. The van der Waals surface area contributed by atoms with Crippen LogP contribution < -0.4 is 11.1 Å². The van der Waals surface area contributed by atoms with Gasteiger partial charge in [-0.25, -0.2) is 9.98 Å². The van der Waals surface area contributed by atoms with E-state index in [0.29, 0.717) is 18.4 Å². The van der Waals surface area contributed by atoms with Crippen molar-refractivity contribution >= 4 is 5.96 Å². The van der Waals surface area contributed by atoms with E-state index in [2.05, 4.69) is 22.2 Å². The first-order valence-corrected chi connectivity index (χ1v) is 6.83. The number of oxazole rings is 1. The number of aliphatic imine (C=N–C) groups is 1. The van der Waals surface area contributed by atoms with Gasteiger partial charge in [0.1, 0.15) is 12.0 Å². The average molecular weight is 272 g/mol. The van der Waals surface area contributed by atoms with Crippen LogP contribution in [0.1, 0.15) is 25.5 Å². The normalized spacial score (nSPS) is 11.6. The van der Waals surface area contributed by atoms with E-state index in [0.717, 1.165) is 30.6 Å². The molecule has 0 spiro atoms. The van der Waals surface area contributed by atoms with E-state index >= 15 is 0 Å². The van der Waals surface area contributed by atoms with Gasteiger partial charge in [0, 0.05) is 12.1 Å². The number of hydrogen-bond acceptors (Lipinski definition) is 3. The van der Waals surface area contributed by atoms with E-state index in [1.807, 2.05) is 30.3 Å². The fourth-order valence-corrected chi connectivity index (χ4v) is 1.71. The molecule has 0 fully saturated rings. The number of benzene rings is 1. The molecule has 1 heterocycles. The summed E-state index contributed by atoms with van der Waals surface area (Å²) >= 11 is 0. The van der Waals surface area contributed by atoms with Crippen molar-refractivity contribution in [1.29, 1.82) is 0 Å². The standard InChI is InChI=1S/C15H20N4O/c1-2-3-9-17-15(16)18-10-13-11-20-14(19-13)12-7-5-4-6-8-12/h4-8,11H,2-3,9-10H2,1H3,(H3,16,17,18). The molecule has 106 valence electrons. The van der Waals surface area contributed by atoms with Crippen molar-refractivity contribution in [3.05, 3.63) is 42.3 Å². The molecule has 0 aliphatic heterocycles. The van der Waals surface area contributed by atoms with Crippen LogP contribution in [0.3, 0.4) is 0 Å². The quantitative estimate of drug-likeness (QED) is 0.481. The van der Waals surface area contributed by atoms with Crippen LogP contribution in [0.25, 0.3) is 11.5 Å². The highest BCUT2D eigenvalue weighted by molar-refractivity contribution is 5.77. The van der Waals surface area contributed by atoms with E-state index < -0.39 is 0 Å². The lowest BCUT2D eigenvalue weighted by Crippen LogP contribution is -2.32. The minimum absolute atomic E-state index is 0.418. The Morgan fingerprint density at radius 3 is 2.90 bits per heavy atom. The van der Waals surface area contributed by atoms with Crippen LogP contribution in [-0.2, 0) is 6.54 Å². The van der Waals surface area contributed by atoms with E-state index in [-0.39, 0.29) is 0 Å². The number of nitrogens with one attached hydrogen (secondary N) is 1. The molecule has 1 aromatic carbocycles. The molecule has 3 N–H and O–H groups in total. The van der Waals surface area contributed by atoms with Crippen LogP contribution in [0.4, 0.5) is 0 Å². The van der Waals surface area contributed by atoms with Gasteiger partial charge in [-0.05, 0) is 18.6 Å². The predicted octanol–water partition coefficient (Wildman–Crippen LogP) is 2.55. The van der Waals surface area contributed by atoms with Crippen LogP contribution in [0.2, 0.25) is 0 Å². The summed E-state index contributed by atoms with van der Waals surface area (Å²) in [6, 6.07) is 9.78. The van der Waals surface area contributed by atoms with Gasteiger partial charge in [-0.15, -0.1) is 0 Å². The number of hydrogen-bond donors (Lipinski definition) is 2. The van der Waals surface area contributed by atoms with E-state index in [1.54, 1.807) is 6.26 Å². The Labute approximate surface area is 118 Å². The number of guanidine groups is 1. The third-order valence-electron chi connectivity index (χ3n) is 2.82. The molecule has 1 aromatic heterocycles. The van der Waals surface area contributed by atoms with Gasteiger partial charge < -0.3 is 15.5 Å². The largest absolute Gasteiger partial charge is 0.444 e. The summed E-state index contributed by atoms with van der Waals surface area (Å²) in [5, 5.41) is 3.06. The SMILES string of the molecule is CCCCNC(N)=NCc1coc(-c2ccccc2)n1. The van der Waals surface area contributed by atoms with E-state index in [4.69, 9.17) is 10.2 Å². The van der Waals surface area contributed by atoms with Crippen LogP contribution in [0.15, 0.2) is 46.0 Å². The first kappa shape index (κ1) is 14.1. The zero-order valence-corrected chi connectivity index (χ0v) is 11.7. The molecule has 0 bridgehead atoms. The van der Waals surface area contributed by atoms with Crippen LogP contribution >= 0.6 is 0 Å². The molecular formula is C15H20N4O. The van der Waals surface area contributed by atoms with Gasteiger partial charge in [0.2, 0.25) is 5.89 Å². The van der Waals surface area contributed by atoms with E-state index in [1.165, 1.54) is 0 Å². The molecule has 0 saturated heterocycles. The van der Waals surface area contributed by atoms with Gasteiger partial charge in [-0.2, -0.15) is 0 Å². The van der Waals surface area contributed by atoms with Gasteiger partial charge in [-0.3, -0.25) is 0 Å². The molecule has 2 rings (SSSR count). The van der Waals surface area contributed by atoms with Crippen LogP contribution in [-0.4, -0.2) is 17.5 Å². The maximum Gasteiger partial charge on any atom is 0.226 e. The second-order valence-corrected chi connectivity index (χ2v) is 4.49. The summed E-state index contributed by atoms with van der Waals surface area (Å²) in [6.45, 7) is 3.40. The maximum atomic E-state index is 5.76. The van der Waals surface area contributed by atoms with Crippen LogP contribution in [0, 0.1) is 0 Å². The third kappa shape index (κ3) is 4.12. The molecule has 0 saturated carbocycles. The van der Waals surface area contributed by atoms with Gasteiger partial charge in [0.25, 0.3) is 0 Å². The summed E-state index contributed by atoms with van der Waals surface area (Å²) in [6.07, 6.45) is 3.83.